The number of hydrogen-bond donors (Lipinski definition) is 5. The van der Waals surface area contributed by atoms with Crippen molar-refractivity contribution < 1.29 is 29.6 Å². The van der Waals surface area contributed by atoms with E-state index in [-0.39, 0.29) is 30.1 Å². The maximum absolute atomic E-state index is 12.2. The van der Waals surface area contributed by atoms with Crippen molar-refractivity contribution in [1.29, 1.82) is 0 Å². The van der Waals surface area contributed by atoms with E-state index in [1.165, 1.54) is 18.2 Å². The third kappa shape index (κ3) is 5.93. The molecule has 10 heteroatoms. The lowest BCUT2D eigenvalue weighted by Gasteiger charge is -2.14. The first kappa shape index (κ1) is 22.6. The van der Waals surface area contributed by atoms with Gasteiger partial charge < -0.3 is 31.5 Å². The Morgan fingerprint density at radius 3 is 2.07 bits per heavy atom. The van der Waals surface area contributed by atoms with Crippen LogP contribution in [0, 0.1) is 7.14 Å². The molecule has 0 aliphatic carbocycles. The van der Waals surface area contributed by atoms with Gasteiger partial charge in [0.15, 0.2) is 11.5 Å². The standard InChI is InChI=1S/C18H18I2N2O6/c19-10-3-9(4-11(20)16(10)24)6-13(22)18(27)28-15-2-1-8(7-14(15)23)5-12(21)17(25)26/h1-4,7,12-13,23-24H,5-6,21-22H2,(H,25,26)/t12-,13-/m0/s1. The third-order valence-electron chi connectivity index (χ3n) is 3.84. The highest BCUT2D eigenvalue weighted by Gasteiger charge is 2.20. The van der Waals surface area contributed by atoms with E-state index >= 15 is 0 Å². The van der Waals surface area contributed by atoms with Crippen molar-refractivity contribution in [2.75, 3.05) is 0 Å². The minimum Gasteiger partial charge on any atom is -0.506 e. The van der Waals surface area contributed by atoms with Crippen molar-refractivity contribution in [3.8, 4) is 17.2 Å². The summed E-state index contributed by atoms with van der Waals surface area (Å²) in [4.78, 5) is 23.0. The van der Waals surface area contributed by atoms with Crippen molar-refractivity contribution >= 4 is 57.1 Å². The number of benzene rings is 2. The largest absolute Gasteiger partial charge is 0.506 e. The molecule has 0 aliphatic heterocycles. The third-order valence-corrected chi connectivity index (χ3v) is 5.49. The molecule has 0 aliphatic rings. The molecular weight excluding hydrogens is 594 g/mol. The molecule has 0 amide bonds. The average Bonchev–Trinajstić information content (AvgIpc) is 2.61. The molecule has 0 spiro atoms. The van der Waals surface area contributed by atoms with Gasteiger partial charge in [-0.15, -0.1) is 0 Å². The number of rotatable bonds is 7. The highest BCUT2D eigenvalue weighted by molar-refractivity contribution is 14.1. The summed E-state index contributed by atoms with van der Waals surface area (Å²) in [5.41, 5.74) is 12.6. The van der Waals surface area contributed by atoms with Crippen molar-refractivity contribution in [1.82, 2.24) is 0 Å². The van der Waals surface area contributed by atoms with Gasteiger partial charge in [0, 0.05) is 0 Å². The number of aromatic hydroxyl groups is 2. The van der Waals surface area contributed by atoms with E-state index in [1.54, 1.807) is 12.1 Å². The van der Waals surface area contributed by atoms with Gasteiger partial charge >= 0.3 is 11.9 Å². The molecule has 2 atom stereocenters. The molecule has 0 unspecified atom stereocenters. The monoisotopic (exact) mass is 612 g/mol. The first-order chi connectivity index (χ1) is 13.1. The van der Waals surface area contributed by atoms with Crippen LogP contribution in [0.5, 0.6) is 17.2 Å². The predicted molar refractivity (Wildman–Crippen MR) is 118 cm³/mol. The van der Waals surface area contributed by atoms with Gasteiger partial charge in [-0.2, -0.15) is 0 Å². The van der Waals surface area contributed by atoms with Crippen LogP contribution in [0.2, 0.25) is 0 Å². The first-order valence-electron chi connectivity index (χ1n) is 8.03. The fourth-order valence-corrected chi connectivity index (χ4v) is 4.27. The fraction of sp³-hybridized carbons (Fsp3) is 0.222. The highest BCUT2D eigenvalue weighted by Crippen LogP contribution is 2.29. The molecule has 0 heterocycles. The Labute approximate surface area is 188 Å². The van der Waals surface area contributed by atoms with E-state index in [4.69, 9.17) is 21.3 Å². The highest BCUT2D eigenvalue weighted by atomic mass is 127. The Bertz CT molecular complexity index is 883. The lowest BCUT2D eigenvalue weighted by atomic mass is 10.1. The summed E-state index contributed by atoms with van der Waals surface area (Å²) in [5, 5.41) is 28.7. The molecule has 8 nitrogen and oxygen atoms in total. The van der Waals surface area contributed by atoms with Gasteiger partial charge in [-0.3, -0.25) is 4.79 Å². The second-order valence-corrected chi connectivity index (χ2v) is 8.42. The van der Waals surface area contributed by atoms with Gasteiger partial charge in [0.05, 0.1) is 7.14 Å². The summed E-state index contributed by atoms with van der Waals surface area (Å²) < 4.78 is 6.45. The number of aliphatic carboxylic acids is 1. The van der Waals surface area contributed by atoms with Crippen LogP contribution in [0.4, 0.5) is 0 Å². The quantitative estimate of drug-likeness (QED) is 0.180. The van der Waals surface area contributed by atoms with Crippen molar-refractivity contribution in [3.63, 3.8) is 0 Å². The van der Waals surface area contributed by atoms with Crippen molar-refractivity contribution in [3.05, 3.63) is 48.6 Å². The zero-order valence-electron chi connectivity index (χ0n) is 14.4. The second kappa shape index (κ2) is 9.71. The number of carboxylic acids is 1. The van der Waals surface area contributed by atoms with Crippen LogP contribution >= 0.6 is 45.2 Å². The van der Waals surface area contributed by atoms with Crippen LogP contribution in [0.3, 0.4) is 0 Å². The molecular formula is C18H18I2N2O6. The molecule has 2 aromatic carbocycles. The van der Waals surface area contributed by atoms with Crippen LogP contribution in [-0.4, -0.2) is 39.3 Å². The van der Waals surface area contributed by atoms with Crippen LogP contribution in [0.15, 0.2) is 30.3 Å². The molecule has 0 bridgehead atoms. The second-order valence-electron chi connectivity index (χ2n) is 6.09. The number of carbonyl (C=O) groups is 2. The first-order valence-corrected chi connectivity index (χ1v) is 10.2. The molecule has 0 saturated carbocycles. The van der Waals surface area contributed by atoms with Gasteiger partial charge in [-0.05, 0) is 93.4 Å². The summed E-state index contributed by atoms with van der Waals surface area (Å²) >= 11 is 3.97. The minimum atomic E-state index is -1.15. The van der Waals surface area contributed by atoms with E-state index in [9.17, 15) is 19.8 Å². The lowest BCUT2D eigenvalue weighted by Crippen LogP contribution is -2.36. The Balaban J connectivity index is 2.04. The number of halogens is 2. The Kier molecular flexibility index (Phi) is 7.86. The lowest BCUT2D eigenvalue weighted by molar-refractivity contribution is -0.138. The van der Waals surface area contributed by atoms with Gasteiger partial charge in [-0.25, -0.2) is 4.79 Å². The van der Waals surface area contributed by atoms with Gasteiger partial charge in [0.2, 0.25) is 0 Å². The van der Waals surface area contributed by atoms with Crippen LogP contribution in [-0.2, 0) is 22.4 Å². The number of ether oxygens (including phenoxy) is 1. The predicted octanol–water partition coefficient (Wildman–Crippen LogP) is 1.74. The molecule has 2 aromatic rings. The van der Waals surface area contributed by atoms with Gasteiger partial charge in [0.1, 0.15) is 17.8 Å². The minimum absolute atomic E-state index is 0.0226. The molecule has 0 saturated heterocycles. The summed E-state index contributed by atoms with van der Waals surface area (Å²) in [6.45, 7) is 0. The number of carbonyl (C=O) groups excluding carboxylic acids is 1. The van der Waals surface area contributed by atoms with Gasteiger partial charge in [0.25, 0.3) is 0 Å². The van der Waals surface area contributed by atoms with Crippen molar-refractivity contribution in [2.24, 2.45) is 11.5 Å². The molecule has 7 N–H and O–H groups in total. The zero-order valence-corrected chi connectivity index (χ0v) is 18.7. The summed E-state index contributed by atoms with van der Waals surface area (Å²) in [6.07, 6.45) is 0.214. The molecule has 2 rings (SSSR count). The van der Waals surface area contributed by atoms with Crippen LogP contribution in [0.1, 0.15) is 11.1 Å². The summed E-state index contributed by atoms with van der Waals surface area (Å²) in [6, 6.07) is 5.54. The van der Waals surface area contributed by atoms with Gasteiger partial charge in [-0.1, -0.05) is 6.07 Å². The fourth-order valence-electron chi connectivity index (χ4n) is 2.37. The molecule has 28 heavy (non-hydrogen) atoms. The van der Waals surface area contributed by atoms with E-state index in [1.807, 2.05) is 45.2 Å². The average molecular weight is 612 g/mol. The SMILES string of the molecule is N[C@@H](Cc1ccc(OC(=O)[C@@H](N)Cc2cc(I)c(O)c(I)c2)c(O)c1)C(=O)O. The van der Waals surface area contributed by atoms with E-state index in [0.717, 1.165) is 5.56 Å². The smallest absolute Gasteiger partial charge is 0.328 e. The Morgan fingerprint density at radius 1 is 0.964 bits per heavy atom. The number of hydrogen-bond acceptors (Lipinski definition) is 7. The molecule has 150 valence electrons. The Morgan fingerprint density at radius 2 is 1.54 bits per heavy atom. The summed E-state index contributed by atoms with van der Waals surface area (Å²) in [7, 11) is 0. The topological polar surface area (TPSA) is 156 Å². The molecule has 0 fully saturated rings. The molecule has 0 aromatic heterocycles. The van der Waals surface area contributed by atoms with Crippen molar-refractivity contribution in [2.45, 2.75) is 24.9 Å². The van der Waals surface area contributed by atoms with E-state index in [2.05, 4.69) is 0 Å². The maximum atomic E-state index is 12.2. The number of carboxylic acid groups (broad SMARTS) is 1. The summed E-state index contributed by atoms with van der Waals surface area (Å²) in [5.74, 6) is -2.11. The van der Waals surface area contributed by atoms with Crippen LogP contribution in [0.25, 0.3) is 0 Å². The van der Waals surface area contributed by atoms with Crippen LogP contribution < -0.4 is 16.2 Å². The zero-order chi connectivity index (χ0) is 21.0. The number of esters is 1. The Hall–Kier alpha value is -1.64. The number of nitrogens with two attached hydrogens (primary N) is 2. The maximum Gasteiger partial charge on any atom is 0.328 e. The van der Waals surface area contributed by atoms with E-state index < -0.39 is 24.0 Å². The molecule has 0 radical (unpaired) electrons. The number of phenols is 2. The normalized spacial score (nSPS) is 13.0. The number of phenolic OH excluding ortho intramolecular Hbond substituents is 2. The van der Waals surface area contributed by atoms with E-state index in [0.29, 0.717) is 12.7 Å².